The number of hydrogen-bond donors (Lipinski definition) is 1. The van der Waals surface area contributed by atoms with Gasteiger partial charge in [-0.2, -0.15) is 0 Å². The minimum atomic E-state index is 0.0925. The van der Waals surface area contributed by atoms with Crippen molar-refractivity contribution in [2.24, 2.45) is 5.92 Å². The Hall–Kier alpha value is -1.51. The number of hydrogen-bond acceptors (Lipinski definition) is 2. The molecule has 0 aromatic heterocycles. The van der Waals surface area contributed by atoms with E-state index in [4.69, 9.17) is 4.74 Å². The Labute approximate surface area is 109 Å². The summed E-state index contributed by atoms with van der Waals surface area (Å²) < 4.78 is 5.69. The summed E-state index contributed by atoms with van der Waals surface area (Å²) in [6.07, 6.45) is 2.50. The van der Waals surface area contributed by atoms with Crippen molar-refractivity contribution in [3.8, 4) is 5.75 Å². The maximum absolute atomic E-state index is 11.9. The van der Waals surface area contributed by atoms with Crippen LogP contribution in [0, 0.1) is 5.92 Å². The second-order valence-electron chi connectivity index (χ2n) is 5.25. The average Bonchev–Trinajstić information content (AvgIpc) is 2.51. The molecular formula is C15H21NO2. The molecule has 1 aliphatic heterocycles. The van der Waals surface area contributed by atoms with Crippen molar-refractivity contribution in [2.45, 2.75) is 39.2 Å². The summed E-state index contributed by atoms with van der Waals surface area (Å²) in [7, 11) is 0. The summed E-state index contributed by atoms with van der Waals surface area (Å²) in [5.74, 6) is 1.43. The first-order chi connectivity index (χ1) is 8.66. The van der Waals surface area contributed by atoms with Gasteiger partial charge < -0.3 is 10.1 Å². The average molecular weight is 247 g/mol. The monoisotopic (exact) mass is 247 g/mol. The highest BCUT2D eigenvalue weighted by Gasteiger charge is 2.21. The van der Waals surface area contributed by atoms with Crippen LogP contribution in [0.1, 0.15) is 44.7 Å². The Morgan fingerprint density at radius 1 is 1.44 bits per heavy atom. The van der Waals surface area contributed by atoms with E-state index >= 15 is 0 Å². The van der Waals surface area contributed by atoms with Crippen LogP contribution in [-0.2, 0) is 4.79 Å². The molecule has 1 atom stereocenters. The van der Waals surface area contributed by atoms with E-state index in [0.717, 1.165) is 30.8 Å². The van der Waals surface area contributed by atoms with Gasteiger partial charge >= 0.3 is 0 Å². The molecule has 1 heterocycles. The highest BCUT2D eigenvalue weighted by Crippen LogP contribution is 2.31. The molecule has 1 aromatic rings. The van der Waals surface area contributed by atoms with Crippen LogP contribution in [-0.4, -0.2) is 12.5 Å². The maximum atomic E-state index is 11.9. The second-order valence-corrected chi connectivity index (χ2v) is 5.25. The third kappa shape index (κ3) is 3.25. The molecule has 1 N–H and O–H groups in total. The lowest BCUT2D eigenvalue weighted by atomic mass is 10.0. The standard InChI is InChI=1S/C15H21NO2/c1-11(2)10-15(17)16-13-7-5-9-18-14-8-4-3-6-12(13)14/h3-4,6,8,11,13H,5,7,9-10H2,1-2H3,(H,16,17). The molecule has 1 unspecified atom stereocenters. The van der Waals surface area contributed by atoms with Crippen LogP contribution in [0.25, 0.3) is 0 Å². The molecule has 0 fully saturated rings. The molecule has 98 valence electrons. The van der Waals surface area contributed by atoms with Crippen molar-refractivity contribution in [3.05, 3.63) is 29.8 Å². The van der Waals surface area contributed by atoms with Crippen LogP contribution in [0.5, 0.6) is 5.75 Å². The van der Waals surface area contributed by atoms with Crippen LogP contribution < -0.4 is 10.1 Å². The van der Waals surface area contributed by atoms with E-state index in [-0.39, 0.29) is 11.9 Å². The number of carbonyl (C=O) groups excluding carboxylic acids is 1. The third-order valence-corrected chi connectivity index (χ3v) is 3.12. The van der Waals surface area contributed by atoms with Gasteiger partial charge in [-0.05, 0) is 24.8 Å². The summed E-state index contributed by atoms with van der Waals surface area (Å²) in [6.45, 7) is 4.85. The predicted molar refractivity (Wildman–Crippen MR) is 71.5 cm³/mol. The van der Waals surface area contributed by atoms with Gasteiger partial charge in [-0.3, -0.25) is 4.79 Å². The zero-order valence-corrected chi connectivity index (χ0v) is 11.1. The molecule has 0 saturated heterocycles. The summed E-state index contributed by atoms with van der Waals surface area (Å²) in [6, 6.07) is 8.07. The Morgan fingerprint density at radius 3 is 3.00 bits per heavy atom. The van der Waals surface area contributed by atoms with Crippen LogP contribution in [0.2, 0.25) is 0 Å². The minimum absolute atomic E-state index is 0.0925. The van der Waals surface area contributed by atoms with Crippen LogP contribution in [0.4, 0.5) is 0 Å². The normalized spacial score (nSPS) is 18.7. The highest BCUT2D eigenvalue weighted by atomic mass is 16.5. The van der Waals surface area contributed by atoms with Gasteiger partial charge in [0, 0.05) is 12.0 Å². The Bertz CT molecular complexity index is 415. The molecule has 3 heteroatoms. The van der Waals surface area contributed by atoms with Crippen molar-refractivity contribution in [1.82, 2.24) is 5.32 Å². The zero-order chi connectivity index (χ0) is 13.0. The number of nitrogens with one attached hydrogen (secondary N) is 1. The lowest BCUT2D eigenvalue weighted by Crippen LogP contribution is -2.29. The van der Waals surface area contributed by atoms with Crippen molar-refractivity contribution >= 4 is 5.91 Å². The molecule has 1 aliphatic rings. The summed E-state index contributed by atoms with van der Waals surface area (Å²) in [4.78, 5) is 11.9. The fourth-order valence-electron chi connectivity index (χ4n) is 2.30. The molecule has 0 bridgehead atoms. The number of ether oxygens (including phenoxy) is 1. The van der Waals surface area contributed by atoms with Gasteiger partial charge in [-0.1, -0.05) is 32.0 Å². The lowest BCUT2D eigenvalue weighted by molar-refractivity contribution is -0.122. The third-order valence-electron chi connectivity index (χ3n) is 3.12. The molecule has 0 saturated carbocycles. The molecular weight excluding hydrogens is 226 g/mol. The molecule has 3 nitrogen and oxygen atoms in total. The van der Waals surface area contributed by atoms with Gasteiger partial charge in [0.2, 0.25) is 5.91 Å². The predicted octanol–water partition coefficient (Wildman–Crippen LogP) is 3.06. The summed E-state index contributed by atoms with van der Waals surface area (Å²) in [5, 5.41) is 3.13. The highest BCUT2D eigenvalue weighted by molar-refractivity contribution is 5.76. The smallest absolute Gasteiger partial charge is 0.220 e. The Morgan fingerprint density at radius 2 is 2.22 bits per heavy atom. The minimum Gasteiger partial charge on any atom is -0.493 e. The van der Waals surface area contributed by atoms with E-state index in [1.807, 2.05) is 24.3 Å². The largest absolute Gasteiger partial charge is 0.493 e. The molecule has 1 aromatic carbocycles. The van der Waals surface area contributed by atoms with Crippen molar-refractivity contribution in [1.29, 1.82) is 0 Å². The first kappa shape index (κ1) is 12.9. The van der Waals surface area contributed by atoms with E-state index in [1.54, 1.807) is 0 Å². The molecule has 18 heavy (non-hydrogen) atoms. The second kappa shape index (κ2) is 5.89. The van der Waals surface area contributed by atoms with Gasteiger partial charge in [-0.15, -0.1) is 0 Å². The molecule has 1 amide bonds. The van der Waals surface area contributed by atoms with Crippen molar-refractivity contribution in [3.63, 3.8) is 0 Å². The van der Waals surface area contributed by atoms with E-state index < -0.39 is 0 Å². The number of benzene rings is 1. The first-order valence-corrected chi connectivity index (χ1v) is 6.68. The topological polar surface area (TPSA) is 38.3 Å². The summed E-state index contributed by atoms with van der Waals surface area (Å²) >= 11 is 0. The van der Waals surface area contributed by atoms with Gasteiger partial charge in [0.15, 0.2) is 0 Å². The van der Waals surface area contributed by atoms with Gasteiger partial charge in [0.1, 0.15) is 5.75 Å². The van der Waals surface area contributed by atoms with Gasteiger partial charge in [0.05, 0.1) is 12.6 Å². The maximum Gasteiger partial charge on any atom is 0.220 e. The zero-order valence-electron chi connectivity index (χ0n) is 11.1. The van der Waals surface area contributed by atoms with Crippen LogP contribution in [0.3, 0.4) is 0 Å². The number of carbonyl (C=O) groups is 1. The molecule has 0 spiro atoms. The van der Waals surface area contributed by atoms with Crippen molar-refractivity contribution < 1.29 is 9.53 Å². The van der Waals surface area contributed by atoms with Crippen LogP contribution >= 0.6 is 0 Å². The number of para-hydroxylation sites is 1. The molecule has 0 aliphatic carbocycles. The molecule has 0 radical (unpaired) electrons. The van der Waals surface area contributed by atoms with E-state index in [1.165, 1.54) is 0 Å². The fourth-order valence-corrected chi connectivity index (χ4v) is 2.30. The van der Waals surface area contributed by atoms with E-state index in [0.29, 0.717) is 12.3 Å². The lowest BCUT2D eigenvalue weighted by Gasteiger charge is -2.19. The van der Waals surface area contributed by atoms with Crippen molar-refractivity contribution in [2.75, 3.05) is 6.61 Å². The number of amides is 1. The summed E-state index contributed by atoms with van der Waals surface area (Å²) in [5.41, 5.74) is 1.10. The number of fused-ring (bicyclic) bond motifs is 1. The number of rotatable bonds is 3. The van der Waals surface area contributed by atoms with Crippen LogP contribution in [0.15, 0.2) is 24.3 Å². The Kier molecular flexibility index (Phi) is 4.24. The fraction of sp³-hybridized carbons (Fsp3) is 0.533. The first-order valence-electron chi connectivity index (χ1n) is 6.68. The Balaban J connectivity index is 2.10. The van der Waals surface area contributed by atoms with Gasteiger partial charge in [0.25, 0.3) is 0 Å². The van der Waals surface area contributed by atoms with Gasteiger partial charge in [-0.25, -0.2) is 0 Å². The van der Waals surface area contributed by atoms with E-state index in [2.05, 4.69) is 19.2 Å². The SMILES string of the molecule is CC(C)CC(=O)NC1CCCOc2ccccc21. The molecule has 2 rings (SSSR count). The quantitative estimate of drug-likeness (QED) is 0.891. The van der Waals surface area contributed by atoms with E-state index in [9.17, 15) is 4.79 Å².